The van der Waals surface area contributed by atoms with Gasteiger partial charge in [0, 0.05) is 18.4 Å². The Morgan fingerprint density at radius 3 is 2.25 bits per heavy atom. The van der Waals surface area contributed by atoms with Gasteiger partial charge in [-0.05, 0) is 55.0 Å². The van der Waals surface area contributed by atoms with Crippen LogP contribution in [0, 0.1) is 6.92 Å². The van der Waals surface area contributed by atoms with Gasteiger partial charge in [-0.1, -0.05) is 66.7 Å². The van der Waals surface area contributed by atoms with Crippen molar-refractivity contribution < 1.29 is 0 Å². The predicted molar refractivity (Wildman–Crippen MR) is 102 cm³/mol. The Hall–Kier alpha value is -2.54. The maximum atomic E-state index is 4.31. The molecular formula is C23H25N. The number of allylic oxidation sites excluding steroid dienone is 3. The van der Waals surface area contributed by atoms with Gasteiger partial charge in [-0.25, -0.2) is 0 Å². The van der Waals surface area contributed by atoms with Gasteiger partial charge in [0.15, 0.2) is 0 Å². The van der Waals surface area contributed by atoms with E-state index in [2.05, 4.69) is 92.2 Å². The van der Waals surface area contributed by atoms with Gasteiger partial charge in [-0.15, -0.1) is 0 Å². The molecule has 0 N–H and O–H groups in total. The van der Waals surface area contributed by atoms with E-state index in [1.54, 1.807) is 0 Å². The van der Waals surface area contributed by atoms with Crippen LogP contribution < -0.4 is 0 Å². The van der Waals surface area contributed by atoms with Gasteiger partial charge in [-0.2, -0.15) is 0 Å². The summed E-state index contributed by atoms with van der Waals surface area (Å²) in [5.74, 6) is 0. The minimum Gasteiger partial charge on any atom is -0.344 e. The van der Waals surface area contributed by atoms with Crippen LogP contribution >= 0.6 is 0 Å². The second-order valence-electron chi connectivity index (χ2n) is 6.51. The highest BCUT2D eigenvalue weighted by molar-refractivity contribution is 5.42. The molecule has 1 heteroatoms. The van der Waals surface area contributed by atoms with Gasteiger partial charge in [-0.3, -0.25) is 0 Å². The summed E-state index contributed by atoms with van der Waals surface area (Å²) in [4.78, 5) is 2.24. The zero-order valence-electron chi connectivity index (χ0n) is 14.6. The molecule has 24 heavy (non-hydrogen) atoms. The maximum Gasteiger partial charge on any atom is 0.0475 e. The summed E-state index contributed by atoms with van der Waals surface area (Å²) >= 11 is 0. The van der Waals surface area contributed by atoms with Gasteiger partial charge in [0.2, 0.25) is 0 Å². The fourth-order valence-electron chi connectivity index (χ4n) is 3.03. The Bertz CT molecular complexity index is 763. The number of nitrogens with zero attached hydrogens (tertiary/aromatic N) is 1. The molecule has 1 aliphatic rings. The summed E-state index contributed by atoms with van der Waals surface area (Å²) in [5, 5.41) is 0. The van der Waals surface area contributed by atoms with E-state index in [1.165, 1.54) is 27.8 Å². The molecule has 2 aromatic carbocycles. The third-order valence-corrected chi connectivity index (χ3v) is 4.72. The third kappa shape index (κ3) is 3.86. The van der Waals surface area contributed by atoms with E-state index in [9.17, 15) is 0 Å². The van der Waals surface area contributed by atoms with Gasteiger partial charge >= 0.3 is 0 Å². The average molecular weight is 315 g/mol. The first-order valence-electron chi connectivity index (χ1n) is 8.57. The highest BCUT2D eigenvalue weighted by atomic mass is 15.1. The van der Waals surface area contributed by atoms with E-state index in [-0.39, 0.29) is 0 Å². The van der Waals surface area contributed by atoms with Gasteiger partial charge in [0.25, 0.3) is 0 Å². The summed E-state index contributed by atoms with van der Waals surface area (Å²) in [6.07, 6.45) is 6.56. The lowest BCUT2D eigenvalue weighted by molar-refractivity contribution is 0.461. The Morgan fingerprint density at radius 2 is 1.54 bits per heavy atom. The molecule has 0 aliphatic carbocycles. The molecule has 0 bridgehead atoms. The lowest BCUT2D eigenvalue weighted by Gasteiger charge is -2.28. The summed E-state index contributed by atoms with van der Waals surface area (Å²) < 4.78 is 0. The summed E-state index contributed by atoms with van der Waals surface area (Å²) in [5.41, 5.74) is 7.83. The monoisotopic (exact) mass is 315 g/mol. The van der Waals surface area contributed by atoms with Crippen LogP contribution in [-0.4, -0.2) is 4.90 Å². The van der Waals surface area contributed by atoms with Crippen molar-refractivity contribution in [1.29, 1.82) is 0 Å². The van der Waals surface area contributed by atoms with E-state index in [0.717, 1.165) is 25.1 Å². The first kappa shape index (κ1) is 16.3. The van der Waals surface area contributed by atoms with Crippen molar-refractivity contribution in [2.24, 2.45) is 0 Å². The maximum absolute atomic E-state index is 4.31. The van der Waals surface area contributed by atoms with Crippen molar-refractivity contribution in [1.82, 2.24) is 4.90 Å². The average Bonchev–Trinajstić information content (AvgIpc) is 2.61. The molecular weight excluding hydrogens is 290 g/mol. The van der Waals surface area contributed by atoms with Gasteiger partial charge < -0.3 is 4.90 Å². The molecule has 122 valence electrons. The molecule has 0 aromatic heterocycles. The first-order valence-corrected chi connectivity index (χ1v) is 8.57. The van der Waals surface area contributed by atoms with Crippen molar-refractivity contribution in [2.45, 2.75) is 33.2 Å². The summed E-state index contributed by atoms with van der Waals surface area (Å²) in [6.45, 7) is 9.50. The molecule has 0 fully saturated rings. The van der Waals surface area contributed by atoms with Crippen LogP contribution in [0.3, 0.4) is 0 Å². The highest BCUT2D eigenvalue weighted by Crippen LogP contribution is 2.28. The topological polar surface area (TPSA) is 3.24 Å². The standard InChI is InChI=1S/C23H25N/c1-18-9-11-21(12-10-18)13-14-23-15-16-24(20(3)19(23)2)17-22-7-5-4-6-8-22/h4-12,15-16H,3,13-14,17H2,1-2H3. The van der Waals surface area contributed by atoms with Crippen LogP contribution in [0.1, 0.15) is 30.0 Å². The minimum atomic E-state index is 0.874. The fraction of sp³-hybridized carbons (Fsp3) is 0.217. The van der Waals surface area contributed by atoms with Crippen molar-refractivity contribution in [3.05, 3.63) is 107 Å². The second-order valence-corrected chi connectivity index (χ2v) is 6.51. The highest BCUT2D eigenvalue weighted by Gasteiger charge is 2.15. The zero-order chi connectivity index (χ0) is 16.9. The van der Waals surface area contributed by atoms with Gasteiger partial charge in [0.05, 0.1) is 0 Å². The molecule has 0 radical (unpaired) electrons. The van der Waals surface area contributed by atoms with Crippen LogP contribution in [0.2, 0.25) is 0 Å². The zero-order valence-corrected chi connectivity index (χ0v) is 14.6. The van der Waals surface area contributed by atoms with Crippen LogP contribution in [0.25, 0.3) is 0 Å². The Kier molecular flexibility index (Phi) is 5.00. The number of benzene rings is 2. The SMILES string of the molecule is C=C1C(C)=C(CCc2ccc(C)cc2)C=CN1Cc1ccccc1. The Balaban J connectivity index is 1.65. The quantitative estimate of drug-likeness (QED) is 0.675. The van der Waals surface area contributed by atoms with Crippen molar-refractivity contribution in [2.75, 3.05) is 0 Å². The summed E-state index contributed by atoms with van der Waals surface area (Å²) in [7, 11) is 0. The number of hydrogen-bond donors (Lipinski definition) is 0. The first-order chi connectivity index (χ1) is 11.6. The number of rotatable bonds is 5. The van der Waals surface area contributed by atoms with Crippen molar-refractivity contribution in [3.8, 4) is 0 Å². The normalized spacial score (nSPS) is 14.4. The smallest absolute Gasteiger partial charge is 0.0475 e. The molecule has 0 saturated carbocycles. The molecule has 1 heterocycles. The van der Waals surface area contributed by atoms with E-state index < -0.39 is 0 Å². The van der Waals surface area contributed by atoms with Crippen LogP contribution in [0.5, 0.6) is 0 Å². The third-order valence-electron chi connectivity index (χ3n) is 4.72. The minimum absolute atomic E-state index is 0.874. The molecule has 3 rings (SSSR count). The Labute approximate surface area is 145 Å². The molecule has 0 atom stereocenters. The fourth-order valence-corrected chi connectivity index (χ4v) is 3.03. The van der Waals surface area contributed by atoms with Crippen LogP contribution in [-0.2, 0) is 13.0 Å². The number of aryl methyl sites for hydroxylation is 2. The molecule has 0 spiro atoms. The predicted octanol–water partition coefficient (Wildman–Crippen LogP) is 5.79. The van der Waals surface area contributed by atoms with E-state index in [4.69, 9.17) is 0 Å². The molecule has 0 saturated heterocycles. The second kappa shape index (κ2) is 7.35. The van der Waals surface area contributed by atoms with Crippen LogP contribution in [0.4, 0.5) is 0 Å². The van der Waals surface area contributed by atoms with Crippen molar-refractivity contribution in [3.63, 3.8) is 0 Å². The molecule has 2 aromatic rings. The van der Waals surface area contributed by atoms with E-state index >= 15 is 0 Å². The van der Waals surface area contributed by atoms with E-state index in [1.807, 2.05) is 0 Å². The lowest BCUT2D eigenvalue weighted by atomic mass is 9.96. The molecule has 1 nitrogen and oxygen atoms in total. The Morgan fingerprint density at radius 1 is 0.833 bits per heavy atom. The van der Waals surface area contributed by atoms with Crippen molar-refractivity contribution >= 4 is 0 Å². The largest absolute Gasteiger partial charge is 0.344 e. The van der Waals surface area contributed by atoms with Gasteiger partial charge in [0.1, 0.15) is 0 Å². The van der Waals surface area contributed by atoms with Crippen LogP contribution in [0.15, 0.2) is 90.3 Å². The molecule has 0 amide bonds. The van der Waals surface area contributed by atoms with E-state index in [0.29, 0.717) is 0 Å². The lowest BCUT2D eigenvalue weighted by Crippen LogP contribution is -2.19. The molecule has 1 aliphatic heterocycles. The summed E-state index contributed by atoms with van der Waals surface area (Å²) in [6, 6.07) is 19.4. The molecule has 0 unspecified atom stereocenters. The number of hydrogen-bond acceptors (Lipinski definition) is 1.